The smallest absolute Gasteiger partial charge is 0.0882 e. The summed E-state index contributed by atoms with van der Waals surface area (Å²) in [6.07, 6.45) is 3.96. The summed E-state index contributed by atoms with van der Waals surface area (Å²) in [4.78, 5) is 9.48. The van der Waals surface area contributed by atoms with Gasteiger partial charge < -0.3 is 10.6 Å². The van der Waals surface area contributed by atoms with Crippen molar-refractivity contribution in [2.75, 3.05) is 10.6 Å². The highest BCUT2D eigenvalue weighted by Gasteiger charge is 2.07. The van der Waals surface area contributed by atoms with Crippen molar-refractivity contribution in [1.29, 1.82) is 0 Å². The lowest BCUT2D eigenvalue weighted by Gasteiger charge is -2.13. The molecule has 0 radical (unpaired) electrons. The minimum Gasteiger partial charge on any atom is -0.357 e. The van der Waals surface area contributed by atoms with E-state index < -0.39 is 0 Å². The van der Waals surface area contributed by atoms with Crippen LogP contribution in [0.2, 0.25) is 10.0 Å². The van der Waals surface area contributed by atoms with E-state index in [1.807, 2.05) is 76.2 Å². The minimum absolute atomic E-state index is 0.639. The highest BCUT2D eigenvalue weighted by atomic mass is 35.5. The van der Waals surface area contributed by atoms with Crippen molar-refractivity contribution in [3.05, 3.63) is 70.0 Å². The molecule has 1 aliphatic rings. The van der Waals surface area contributed by atoms with E-state index in [0.29, 0.717) is 10.0 Å². The predicted molar refractivity (Wildman–Crippen MR) is 123 cm³/mol. The van der Waals surface area contributed by atoms with Gasteiger partial charge >= 0.3 is 0 Å². The molecule has 0 unspecified atom stereocenters. The van der Waals surface area contributed by atoms with Gasteiger partial charge in [-0.1, -0.05) is 23.2 Å². The maximum absolute atomic E-state index is 6.19. The molecule has 3 rings (SSSR count). The maximum Gasteiger partial charge on any atom is 0.0882 e. The van der Waals surface area contributed by atoms with Gasteiger partial charge in [-0.2, -0.15) is 0 Å². The fourth-order valence-electron chi connectivity index (χ4n) is 2.98. The monoisotopic (exact) mass is 412 g/mol. The van der Waals surface area contributed by atoms with Crippen LogP contribution in [-0.4, -0.2) is 11.4 Å². The van der Waals surface area contributed by atoms with Gasteiger partial charge in [0.1, 0.15) is 0 Å². The third-order valence-electron chi connectivity index (χ3n) is 4.03. The van der Waals surface area contributed by atoms with E-state index in [9.17, 15) is 0 Å². The summed E-state index contributed by atoms with van der Waals surface area (Å²) in [6.45, 7) is 7.88. The molecule has 0 saturated heterocycles. The predicted octanol–water partition coefficient (Wildman–Crippen LogP) is 7.52. The zero-order valence-corrected chi connectivity index (χ0v) is 17.8. The average Bonchev–Trinajstić information content (AvgIpc) is 2.58. The molecule has 4 nitrogen and oxygen atoms in total. The number of aliphatic imine (C=N–C) groups is 2. The minimum atomic E-state index is 0.639. The Morgan fingerprint density at radius 1 is 0.643 bits per heavy atom. The van der Waals surface area contributed by atoms with E-state index in [-0.39, 0.29) is 0 Å². The number of anilines is 2. The molecule has 144 valence electrons. The van der Waals surface area contributed by atoms with Crippen LogP contribution < -0.4 is 10.6 Å². The lowest BCUT2D eigenvalue weighted by molar-refractivity contribution is 1.34. The van der Waals surface area contributed by atoms with Crippen LogP contribution in [-0.2, 0) is 0 Å². The quantitative estimate of drug-likeness (QED) is 0.469. The number of hydrogen-bond donors (Lipinski definition) is 2. The largest absolute Gasteiger partial charge is 0.357 e. The van der Waals surface area contributed by atoms with E-state index in [0.717, 1.165) is 45.6 Å². The van der Waals surface area contributed by atoms with Crippen molar-refractivity contribution in [3.63, 3.8) is 0 Å². The van der Waals surface area contributed by atoms with Gasteiger partial charge in [0.25, 0.3) is 0 Å². The molecule has 0 spiro atoms. The number of fused-ring (bicyclic) bond motifs is 2. The Balaban J connectivity index is 2.16. The summed E-state index contributed by atoms with van der Waals surface area (Å²) < 4.78 is 0. The number of nitrogens with one attached hydrogen (secondary N) is 2. The molecular weight excluding hydrogens is 391 g/mol. The summed E-state index contributed by atoms with van der Waals surface area (Å²) in [5.41, 5.74) is 6.90. The maximum atomic E-state index is 6.19. The fourth-order valence-corrected chi connectivity index (χ4v) is 3.32. The Kier molecular flexibility index (Phi) is 6.22. The Bertz CT molecular complexity index is 1030. The summed E-state index contributed by atoms with van der Waals surface area (Å²) in [7, 11) is 0. The summed E-state index contributed by atoms with van der Waals surface area (Å²) in [5.74, 6) is 0. The first kappa shape index (κ1) is 20.2. The number of nitrogens with zero attached hydrogens (tertiary/aromatic N) is 2. The van der Waals surface area contributed by atoms with Crippen molar-refractivity contribution in [1.82, 2.24) is 0 Å². The van der Waals surface area contributed by atoms with Gasteiger partial charge in [-0.3, -0.25) is 9.98 Å². The van der Waals surface area contributed by atoms with Crippen molar-refractivity contribution in [2.24, 2.45) is 9.98 Å². The molecule has 0 fully saturated rings. The van der Waals surface area contributed by atoms with Crippen LogP contribution >= 0.6 is 23.2 Å². The zero-order valence-electron chi connectivity index (χ0n) is 16.3. The van der Waals surface area contributed by atoms with E-state index in [2.05, 4.69) is 10.6 Å². The molecule has 0 aromatic heterocycles. The highest BCUT2D eigenvalue weighted by Crippen LogP contribution is 2.32. The van der Waals surface area contributed by atoms with Crippen LogP contribution in [0.3, 0.4) is 0 Å². The van der Waals surface area contributed by atoms with Crippen LogP contribution in [0.15, 0.2) is 69.9 Å². The summed E-state index contributed by atoms with van der Waals surface area (Å²) in [6, 6.07) is 11.2. The van der Waals surface area contributed by atoms with Crippen LogP contribution in [0.4, 0.5) is 22.7 Å². The number of benzene rings is 2. The second-order valence-electron chi connectivity index (χ2n) is 6.73. The van der Waals surface area contributed by atoms with Gasteiger partial charge in [0, 0.05) is 32.9 Å². The first-order valence-electron chi connectivity index (χ1n) is 8.90. The van der Waals surface area contributed by atoms with Crippen molar-refractivity contribution >= 4 is 57.4 Å². The third kappa shape index (κ3) is 5.24. The van der Waals surface area contributed by atoms with Crippen LogP contribution in [0, 0.1) is 0 Å². The van der Waals surface area contributed by atoms with Gasteiger partial charge in [0.15, 0.2) is 0 Å². The van der Waals surface area contributed by atoms with E-state index in [4.69, 9.17) is 33.2 Å². The Morgan fingerprint density at radius 2 is 1.18 bits per heavy atom. The normalized spacial score (nSPS) is 18.5. The Labute approximate surface area is 175 Å². The summed E-state index contributed by atoms with van der Waals surface area (Å²) in [5, 5.41) is 8.06. The molecular formula is C22H22Cl2N4. The number of halogens is 2. The lowest BCUT2D eigenvalue weighted by Crippen LogP contribution is -2.02. The van der Waals surface area contributed by atoms with Crippen LogP contribution in [0.25, 0.3) is 0 Å². The highest BCUT2D eigenvalue weighted by molar-refractivity contribution is 6.31. The molecule has 6 heteroatoms. The van der Waals surface area contributed by atoms with Crippen molar-refractivity contribution in [2.45, 2.75) is 27.7 Å². The molecule has 1 heterocycles. The SMILES string of the molecule is CC1=Nc2cc(Cl)ccc2N/C(C)=C\C(C)=Nc2ccc(Cl)cc2N/C(C)=C\1. The number of allylic oxidation sites excluding steroid dienone is 4. The van der Waals surface area contributed by atoms with E-state index in [1.165, 1.54) is 0 Å². The molecule has 0 saturated carbocycles. The molecule has 2 aromatic rings. The van der Waals surface area contributed by atoms with Crippen LogP contribution in [0.1, 0.15) is 27.7 Å². The third-order valence-corrected chi connectivity index (χ3v) is 4.50. The van der Waals surface area contributed by atoms with Gasteiger partial charge in [0.2, 0.25) is 0 Å². The molecule has 1 aliphatic heterocycles. The molecule has 28 heavy (non-hydrogen) atoms. The molecule has 0 atom stereocenters. The van der Waals surface area contributed by atoms with Crippen molar-refractivity contribution < 1.29 is 0 Å². The standard InChI is InChI=1S/C22H22Cl2N4/c1-13-9-14(2)26-20-8-6-18(24)12-22(20)28-16(4)10-15(3)27-21-11-17(23)5-7-19(21)25-13/h5-12,25,28H,1-4H3/b13-9-,16-10-,26-14?,27-15?. The second-order valence-corrected chi connectivity index (χ2v) is 7.61. The van der Waals surface area contributed by atoms with Gasteiger partial charge in [-0.25, -0.2) is 0 Å². The first-order valence-corrected chi connectivity index (χ1v) is 9.66. The zero-order chi connectivity index (χ0) is 20.3. The average molecular weight is 413 g/mol. The first-order chi connectivity index (χ1) is 13.3. The molecule has 0 aliphatic carbocycles. The number of hydrogen-bond acceptors (Lipinski definition) is 4. The molecule has 0 amide bonds. The van der Waals surface area contributed by atoms with Gasteiger partial charge in [0.05, 0.1) is 22.7 Å². The second kappa shape index (κ2) is 8.63. The lowest BCUT2D eigenvalue weighted by atomic mass is 10.2. The van der Waals surface area contributed by atoms with E-state index >= 15 is 0 Å². The van der Waals surface area contributed by atoms with Crippen LogP contribution in [0.5, 0.6) is 0 Å². The molecule has 2 N–H and O–H groups in total. The van der Waals surface area contributed by atoms with Crippen molar-refractivity contribution in [3.8, 4) is 0 Å². The molecule has 2 aromatic carbocycles. The fraction of sp³-hybridized carbons (Fsp3) is 0.182. The van der Waals surface area contributed by atoms with E-state index in [1.54, 1.807) is 0 Å². The number of rotatable bonds is 0. The molecule has 0 bridgehead atoms. The topological polar surface area (TPSA) is 48.8 Å². The Morgan fingerprint density at radius 3 is 1.86 bits per heavy atom. The Hall–Kier alpha value is -2.56. The summed E-state index contributed by atoms with van der Waals surface area (Å²) >= 11 is 12.4. The van der Waals surface area contributed by atoms with Gasteiger partial charge in [-0.15, -0.1) is 0 Å². The van der Waals surface area contributed by atoms with Gasteiger partial charge in [-0.05, 0) is 76.2 Å².